The topological polar surface area (TPSA) is 59.1 Å². The van der Waals surface area contributed by atoms with Crippen LogP contribution in [0, 0.1) is 56.7 Å². The molecule has 1 N–H and O–H groups in total. The first-order valence-electron chi connectivity index (χ1n) is 15.1. The fourth-order valence-electron chi connectivity index (χ4n) is 12.5. The van der Waals surface area contributed by atoms with Gasteiger partial charge >= 0.3 is 5.97 Å². The van der Waals surface area contributed by atoms with E-state index in [2.05, 4.69) is 55.4 Å². The molecule has 1 saturated heterocycles. The van der Waals surface area contributed by atoms with E-state index in [0.717, 1.165) is 12.8 Å². The number of carbonyl (C=O) groups excluding carboxylic acids is 1. The van der Waals surface area contributed by atoms with E-state index in [1.54, 1.807) is 6.92 Å². The van der Waals surface area contributed by atoms with Crippen molar-refractivity contribution in [1.29, 1.82) is 0 Å². The first-order valence-corrected chi connectivity index (χ1v) is 15.1. The van der Waals surface area contributed by atoms with Gasteiger partial charge in [-0.1, -0.05) is 48.5 Å². The van der Waals surface area contributed by atoms with Crippen LogP contribution in [0.1, 0.15) is 114 Å². The Labute approximate surface area is 219 Å². The number of aliphatic hydroxyl groups is 1. The van der Waals surface area contributed by atoms with Gasteiger partial charge in [-0.25, -0.2) is 0 Å². The standard InChI is InChI=1S/C32H52O4/c1-18-24-20-10-11-22-28(5)14-13-23(35-19(2)33)27(3,4)21(28)12-15-31(22,8)30(20,7)17-16-29(24,6)25(34)26-32(18,9)36-26/h18,20-26,34H,10-17H2,1-9H3/t18?,20-,21?,22-,23+,24?,25+,26-,28+,29-,30-,31-,32+/m1/s1. The Morgan fingerprint density at radius 3 is 2.19 bits per heavy atom. The third-order valence-corrected chi connectivity index (χ3v) is 14.9. The molecule has 6 aliphatic rings. The Morgan fingerprint density at radius 2 is 1.53 bits per heavy atom. The lowest BCUT2D eigenvalue weighted by Gasteiger charge is -2.74. The van der Waals surface area contributed by atoms with E-state index in [1.807, 2.05) is 0 Å². The number of epoxide rings is 1. The van der Waals surface area contributed by atoms with Gasteiger partial charge in [-0.3, -0.25) is 4.79 Å². The summed E-state index contributed by atoms with van der Waals surface area (Å²) >= 11 is 0. The third kappa shape index (κ3) is 2.82. The fraction of sp³-hybridized carbons (Fsp3) is 0.969. The second-order valence-corrected chi connectivity index (χ2v) is 16.1. The summed E-state index contributed by atoms with van der Waals surface area (Å²) < 4.78 is 12.2. The third-order valence-electron chi connectivity index (χ3n) is 14.9. The molecule has 204 valence electrons. The van der Waals surface area contributed by atoms with Crippen LogP contribution in [0.2, 0.25) is 0 Å². The molecule has 13 atom stereocenters. The lowest BCUT2D eigenvalue weighted by Crippen LogP contribution is -2.69. The molecule has 4 heteroatoms. The lowest BCUT2D eigenvalue weighted by molar-refractivity contribution is -0.263. The molecule has 0 aromatic rings. The van der Waals surface area contributed by atoms with Gasteiger partial charge in [-0.15, -0.1) is 0 Å². The normalized spacial score (nSPS) is 60.9. The lowest BCUT2D eigenvalue weighted by atomic mass is 9.31. The van der Waals surface area contributed by atoms with Crippen molar-refractivity contribution >= 4 is 5.97 Å². The molecule has 1 aliphatic heterocycles. The van der Waals surface area contributed by atoms with E-state index >= 15 is 0 Å². The van der Waals surface area contributed by atoms with Gasteiger partial charge in [0, 0.05) is 12.3 Å². The Hall–Kier alpha value is -0.610. The molecule has 0 spiro atoms. The highest BCUT2D eigenvalue weighted by molar-refractivity contribution is 5.66. The average Bonchev–Trinajstić information content (AvgIpc) is 3.48. The summed E-state index contributed by atoms with van der Waals surface area (Å²) in [6, 6.07) is 0. The Kier molecular flexibility index (Phi) is 5.21. The minimum absolute atomic E-state index is 0.0117. The summed E-state index contributed by atoms with van der Waals surface area (Å²) in [5.74, 6) is 2.83. The van der Waals surface area contributed by atoms with E-state index in [-0.39, 0.29) is 51.5 Å². The molecule has 0 bridgehead atoms. The highest BCUT2D eigenvalue weighted by Crippen LogP contribution is 2.78. The van der Waals surface area contributed by atoms with Gasteiger partial charge in [-0.2, -0.15) is 0 Å². The minimum Gasteiger partial charge on any atom is -0.462 e. The van der Waals surface area contributed by atoms with Crippen LogP contribution in [0.15, 0.2) is 0 Å². The second-order valence-electron chi connectivity index (χ2n) is 16.1. The van der Waals surface area contributed by atoms with Crippen LogP contribution in [0.25, 0.3) is 0 Å². The summed E-state index contributed by atoms with van der Waals surface area (Å²) in [5, 5.41) is 11.5. The fourth-order valence-corrected chi connectivity index (χ4v) is 12.5. The van der Waals surface area contributed by atoms with Crippen LogP contribution < -0.4 is 0 Å². The number of rotatable bonds is 1. The Bertz CT molecular complexity index is 960. The van der Waals surface area contributed by atoms with E-state index in [4.69, 9.17) is 9.47 Å². The van der Waals surface area contributed by atoms with Crippen LogP contribution in [0.3, 0.4) is 0 Å². The van der Waals surface area contributed by atoms with Gasteiger partial charge in [-0.05, 0) is 110 Å². The maximum Gasteiger partial charge on any atom is 0.302 e. The van der Waals surface area contributed by atoms with Crippen molar-refractivity contribution in [2.45, 2.75) is 138 Å². The SMILES string of the molecule is CC(=O)O[C@H]1CC[C@@]2(C)C(CC[C@]3(C)[C@@H]2CC[C@@H]2C4C(C)[C@]5(C)O[C@@H]5[C@H](O)[C@]4(C)CC[C@]23C)C1(C)C. The maximum atomic E-state index is 11.9. The number of fused-ring (bicyclic) bond motifs is 8. The highest BCUT2D eigenvalue weighted by Gasteiger charge is 2.76. The molecule has 5 aliphatic carbocycles. The smallest absolute Gasteiger partial charge is 0.302 e. The van der Waals surface area contributed by atoms with Crippen molar-refractivity contribution in [3.05, 3.63) is 0 Å². The molecular weight excluding hydrogens is 448 g/mol. The summed E-state index contributed by atoms with van der Waals surface area (Å²) in [6.07, 6.45) is 9.35. The quantitative estimate of drug-likeness (QED) is 0.318. The molecule has 36 heavy (non-hydrogen) atoms. The van der Waals surface area contributed by atoms with E-state index in [1.165, 1.54) is 38.5 Å². The molecular formula is C32H52O4. The largest absolute Gasteiger partial charge is 0.462 e. The molecule has 0 aromatic carbocycles. The first-order chi connectivity index (χ1) is 16.6. The summed E-state index contributed by atoms with van der Waals surface area (Å²) in [5.41, 5.74) is 0.728. The van der Waals surface area contributed by atoms with E-state index in [0.29, 0.717) is 35.0 Å². The van der Waals surface area contributed by atoms with Crippen LogP contribution in [0.5, 0.6) is 0 Å². The van der Waals surface area contributed by atoms with E-state index < -0.39 is 0 Å². The predicted molar refractivity (Wildman–Crippen MR) is 141 cm³/mol. The van der Waals surface area contributed by atoms with Crippen molar-refractivity contribution in [3.63, 3.8) is 0 Å². The molecule has 6 fully saturated rings. The Morgan fingerprint density at radius 1 is 0.833 bits per heavy atom. The van der Waals surface area contributed by atoms with Crippen molar-refractivity contribution in [2.24, 2.45) is 56.7 Å². The van der Waals surface area contributed by atoms with Gasteiger partial charge in [0.05, 0.1) is 11.7 Å². The van der Waals surface area contributed by atoms with Gasteiger partial charge < -0.3 is 14.6 Å². The summed E-state index contributed by atoms with van der Waals surface area (Å²) in [6.45, 7) is 21.4. The van der Waals surface area contributed by atoms with Gasteiger partial charge in [0.1, 0.15) is 12.2 Å². The molecule has 0 radical (unpaired) electrons. The summed E-state index contributed by atoms with van der Waals surface area (Å²) in [4.78, 5) is 11.9. The van der Waals surface area contributed by atoms with Crippen LogP contribution in [-0.2, 0) is 14.3 Å². The predicted octanol–water partition coefficient (Wildman–Crippen LogP) is 6.78. The highest BCUT2D eigenvalue weighted by atomic mass is 16.6. The zero-order chi connectivity index (χ0) is 26.3. The molecule has 1 heterocycles. The first kappa shape index (κ1) is 25.7. The minimum atomic E-state index is -0.329. The molecule has 6 rings (SSSR count). The van der Waals surface area contributed by atoms with Crippen molar-refractivity contribution in [1.82, 2.24) is 0 Å². The van der Waals surface area contributed by atoms with Crippen LogP contribution >= 0.6 is 0 Å². The monoisotopic (exact) mass is 500 g/mol. The van der Waals surface area contributed by atoms with Crippen molar-refractivity contribution in [3.8, 4) is 0 Å². The van der Waals surface area contributed by atoms with Crippen LogP contribution in [-0.4, -0.2) is 35.0 Å². The van der Waals surface area contributed by atoms with Crippen molar-refractivity contribution in [2.75, 3.05) is 0 Å². The maximum absolute atomic E-state index is 11.9. The number of esters is 1. The summed E-state index contributed by atoms with van der Waals surface area (Å²) in [7, 11) is 0. The number of hydrogen-bond acceptors (Lipinski definition) is 4. The van der Waals surface area contributed by atoms with Gasteiger partial charge in [0.25, 0.3) is 0 Å². The molecule has 4 nitrogen and oxygen atoms in total. The second kappa shape index (κ2) is 7.32. The van der Waals surface area contributed by atoms with Crippen LogP contribution in [0.4, 0.5) is 0 Å². The molecule has 3 unspecified atom stereocenters. The van der Waals surface area contributed by atoms with Gasteiger partial charge in [0.15, 0.2) is 0 Å². The number of aliphatic hydroxyl groups excluding tert-OH is 1. The van der Waals surface area contributed by atoms with Crippen molar-refractivity contribution < 1.29 is 19.4 Å². The Balaban J connectivity index is 1.36. The molecule has 0 aromatic heterocycles. The molecule has 5 saturated carbocycles. The number of hydrogen-bond donors (Lipinski definition) is 1. The number of carbonyl (C=O) groups is 1. The zero-order valence-corrected chi connectivity index (χ0v) is 24.4. The van der Waals surface area contributed by atoms with Gasteiger partial charge in [0.2, 0.25) is 0 Å². The number of ether oxygens (including phenoxy) is 2. The average molecular weight is 501 g/mol. The van der Waals surface area contributed by atoms with E-state index in [9.17, 15) is 9.90 Å². The molecule has 0 amide bonds. The zero-order valence-electron chi connectivity index (χ0n) is 24.4.